The Bertz CT molecular complexity index is 1220. The van der Waals surface area contributed by atoms with E-state index in [1.54, 1.807) is 30.3 Å². The molecule has 0 saturated carbocycles. The van der Waals surface area contributed by atoms with Crippen LogP contribution in [0.3, 0.4) is 0 Å². The number of nitro benzene ring substituents is 1. The Hall–Kier alpha value is -4.07. The Kier molecular flexibility index (Phi) is 4.29. The van der Waals surface area contributed by atoms with Gasteiger partial charge in [-0.05, 0) is 42.5 Å². The summed E-state index contributed by atoms with van der Waals surface area (Å²) < 4.78 is 19.0. The van der Waals surface area contributed by atoms with E-state index in [0.29, 0.717) is 22.4 Å². The molecule has 4 rings (SSSR count). The lowest BCUT2D eigenvalue weighted by molar-refractivity contribution is -0.384. The first-order valence-corrected chi connectivity index (χ1v) is 8.22. The fourth-order valence-electron chi connectivity index (χ4n) is 2.71. The van der Waals surface area contributed by atoms with Crippen LogP contribution >= 0.6 is 0 Å². The van der Waals surface area contributed by atoms with Gasteiger partial charge in [-0.15, -0.1) is 0 Å². The van der Waals surface area contributed by atoms with E-state index < -0.39 is 16.6 Å². The molecule has 0 aliphatic heterocycles. The van der Waals surface area contributed by atoms with Crippen molar-refractivity contribution in [2.24, 2.45) is 0 Å². The average Bonchev–Trinajstić information content (AvgIpc) is 3.11. The summed E-state index contributed by atoms with van der Waals surface area (Å²) >= 11 is 0. The van der Waals surface area contributed by atoms with Gasteiger partial charge in [0.15, 0.2) is 5.58 Å². The maximum absolute atomic E-state index is 13.4. The number of aromatic nitrogens is 1. The number of anilines is 1. The molecule has 28 heavy (non-hydrogen) atoms. The van der Waals surface area contributed by atoms with E-state index in [-0.39, 0.29) is 17.1 Å². The maximum Gasteiger partial charge on any atom is 0.270 e. The Morgan fingerprint density at radius 1 is 1.07 bits per heavy atom. The van der Waals surface area contributed by atoms with E-state index in [1.807, 2.05) is 0 Å². The van der Waals surface area contributed by atoms with Crippen molar-refractivity contribution in [1.29, 1.82) is 0 Å². The number of amides is 1. The van der Waals surface area contributed by atoms with Gasteiger partial charge in [0, 0.05) is 28.9 Å². The normalized spacial score (nSPS) is 10.8. The summed E-state index contributed by atoms with van der Waals surface area (Å²) in [7, 11) is 0. The molecule has 0 unspecified atom stereocenters. The third-order valence-electron chi connectivity index (χ3n) is 4.04. The van der Waals surface area contributed by atoms with Crippen LogP contribution < -0.4 is 5.32 Å². The van der Waals surface area contributed by atoms with Crippen LogP contribution in [0.25, 0.3) is 22.6 Å². The zero-order valence-corrected chi connectivity index (χ0v) is 14.3. The molecule has 4 aromatic rings. The summed E-state index contributed by atoms with van der Waals surface area (Å²) in [6, 6.07) is 16.2. The van der Waals surface area contributed by atoms with Crippen molar-refractivity contribution < 1.29 is 18.5 Å². The molecule has 1 N–H and O–H groups in total. The lowest BCUT2D eigenvalue weighted by Gasteiger charge is -2.04. The molecule has 3 aromatic carbocycles. The quantitative estimate of drug-likeness (QED) is 0.407. The molecular formula is C20H12FN3O4. The van der Waals surface area contributed by atoms with E-state index in [4.69, 9.17) is 4.42 Å². The zero-order chi connectivity index (χ0) is 19.7. The Morgan fingerprint density at radius 3 is 2.68 bits per heavy atom. The van der Waals surface area contributed by atoms with Crippen LogP contribution in [0.4, 0.5) is 15.8 Å². The summed E-state index contributed by atoms with van der Waals surface area (Å²) in [5.41, 5.74) is 1.90. The SMILES string of the molecule is O=C(Nc1ccc2oc(-c3cccc(F)c3)nc2c1)c1cccc([N+](=O)[O-])c1. The van der Waals surface area contributed by atoms with Crippen molar-refractivity contribution in [3.63, 3.8) is 0 Å². The number of oxazole rings is 1. The molecule has 1 amide bonds. The molecular weight excluding hydrogens is 365 g/mol. The van der Waals surface area contributed by atoms with Gasteiger partial charge < -0.3 is 9.73 Å². The first-order valence-electron chi connectivity index (χ1n) is 8.22. The highest BCUT2D eigenvalue weighted by Crippen LogP contribution is 2.27. The molecule has 0 aliphatic carbocycles. The van der Waals surface area contributed by atoms with Crippen molar-refractivity contribution in [2.75, 3.05) is 5.32 Å². The molecule has 7 nitrogen and oxygen atoms in total. The third kappa shape index (κ3) is 3.43. The van der Waals surface area contributed by atoms with Gasteiger partial charge in [0.1, 0.15) is 11.3 Å². The van der Waals surface area contributed by atoms with Crippen molar-refractivity contribution in [3.05, 3.63) is 88.2 Å². The molecule has 0 saturated heterocycles. The molecule has 0 spiro atoms. The number of nitro groups is 1. The summed E-state index contributed by atoms with van der Waals surface area (Å²) in [6.45, 7) is 0. The second kappa shape index (κ2) is 6.92. The van der Waals surface area contributed by atoms with Crippen LogP contribution in [0, 0.1) is 15.9 Å². The highest BCUT2D eigenvalue weighted by atomic mass is 19.1. The number of nitrogens with one attached hydrogen (secondary N) is 1. The van der Waals surface area contributed by atoms with Gasteiger partial charge in [0.05, 0.1) is 4.92 Å². The number of fused-ring (bicyclic) bond motifs is 1. The lowest BCUT2D eigenvalue weighted by atomic mass is 10.2. The highest BCUT2D eigenvalue weighted by molar-refractivity contribution is 6.05. The van der Waals surface area contributed by atoms with E-state index in [2.05, 4.69) is 10.3 Å². The Labute approximate surface area is 157 Å². The minimum absolute atomic E-state index is 0.162. The van der Waals surface area contributed by atoms with Crippen molar-refractivity contribution >= 4 is 28.4 Å². The van der Waals surface area contributed by atoms with E-state index in [0.717, 1.165) is 0 Å². The van der Waals surface area contributed by atoms with Crippen molar-refractivity contribution in [2.45, 2.75) is 0 Å². The standard InChI is InChI=1S/C20H12FN3O4/c21-14-5-1-4-13(9-14)20-23-17-11-15(7-8-18(17)28-20)22-19(25)12-3-2-6-16(10-12)24(26)27/h1-11H,(H,22,25). The number of hydrogen-bond acceptors (Lipinski definition) is 5. The van der Waals surface area contributed by atoms with Gasteiger partial charge in [0.25, 0.3) is 11.6 Å². The molecule has 0 fully saturated rings. The summed E-state index contributed by atoms with van der Waals surface area (Å²) in [5, 5.41) is 13.5. The Morgan fingerprint density at radius 2 is 1.89 bits per heavy atom. The number of halogens is 1. The van der Waals surface area contributed by atoms with Crippen LogP contribution in [-0.2, 0) is 0 Å². The number of benzene rings is 3. The molecule has 0 atom stereocenters. The molecule has 0 aliphatic rings. The van der Waals surface area contributed by atoms with Gasteiger partial charge in [-0.2, -0.15) is 0 Å². The monoisotopic (exact) mass is 377 g/mol. The van der Waals surface area contributed by atoms with E-state index in [9.17, 15) is 19.3 Å². The number of rotatable bonds is 4. The Balaban J connectivity index is 1.60. The van der Waals surface area contributed by atoms with Gasteiger partial charge in [0.2, 0.25) is 5.89 Å². The highest BCUT2D eigenvalue weighted by Gasteiger charge is 2.13. The smallest absolute Gasteiger partial charge is 0.270 e. The number of non-ortho nitro benzene ring substituents is 1. The van der Waals surface area contributed by atoms with Gasteiger partial charge in [-0.1, -0.05) is 12.1 Å². The molecule has 1 heterocycles. The topological polar surface area (TPSA) is 98.3 Å². The molecule has 0 bridgehead atoms. The van der Waals surface area contributed by atoms with Crippen LogP contribution in [0.2, 0.25) is 0 Å². The predicted molar refractivity (Wildman–Crippen MR) is 100 cm³/mol. The lowest BCUT2D eigenvalue weighted by Crippen LogP contribution is -2.12. The molecule has 1 aromatic heterocycles. The van der Waals surface area contributed by atoms with Crippen LogP contribution in [0.15, 0.2) is 71.1 Å². The van der Waals surface area contributed by atoms with E-state index >= 15 is 0 Å². The summed E-state index contributed by atoms with van der Waals surface area (Å²) in [5.74, 6) is -0.627. The number of carbonyl (C=O) groups excluding carboxylic acids is 1. The first kappa shape index (κ1) is 17.3. The minimum Gasteiger partial charge on any atom is -0.436 e. The second-order valence-electron chi connectivity index (χ2n) is 5.97. The van der Waals surface area contributed by atoms with Crippen LogP contribution in [-0.4, -0.2) is 15.8 Å². The van der Waals surface area contributed by atoms with E-state index in [1.165, 1.54) is 36.4 Å². The fourth-order valence-corrected chi connectivity index (χ4v) is 2.71. The molecule has 8 heteroatoms. The number of nitrogens with zero attached hydrogens (tertiary/aromatic N) is 2. The van der Waals surface area contributed by atoms with Gasteiger partial charge in [-0.25, -0.2) is 9.37 Å². The summed E-state index contributed by atoms with van der Waals surface area (Å²) in [4.78, 5) is 27.0. The van der Waals surface area contributed by atoms with Gasteiger partial charge >= 0.3 is 0 Å². The van der Waals surface area contributed by atoms with Crippen LogP contribution in [0.1, 0.15) is 10.4 Å². The molecule has 0 radical (unpaired) electrons. The van der Waals surface area contributed by atoms with Crippen molar-refractivity contribution in [1.82, 2.24) is 4.98 Å². The molecule has 138 valence electrons. The van der Waals surface area contributed by atoms with Gasteiger partial charge in [-0.3, -0.25) is 14.9 Å². The maximum atomic E-state index is 13.4. The second-order valence-corrected chi connectivity index (χ2v) is 5.97. The van der Waals surface area contributed by atoms with Crippen LogP contribution in [0.5, 0.6) is 0 Å². The number of carbonyl (C=O) groups is 1. The predicted octanol–water partition coefficient (Wildman–Crippen LogP) is 4.79. The third-order valence-corrected chi connectivity index (χ3v) is 4.04. The zero-order valence-electron chi connectivity index (χ0n) is 14.3. The minimum atomic E-state index is -0.563. The summed E-state index contributed by atoms with van der Waals surface area (Å²) in [6.07, 6.45) is 0. The number of hydrogen-bond donors (Lipinski definition) is 1. The first-order chi connectivity index (χ1) is 13.5. The fraction of sp³-hybridized carbons (Fsp3) is 0. The van der Waals surface area contributed by atoms with Crippen molar-refractivity contribution in [3.8, 4) is 11.5 Å². The average molecular weight is 377 g/mol. The largest absolute Gasteiger partial charge is 0.436 e.